The molecule has 0 radical (unpaired) electrons. The van der Waals surface area contributed by atoms with Crippen molar-refractivity contribution in [3.05, 3.63) is 33.9 Å². The van der Waals surface area contributed by atoms with Crippen molar-refractivity contribution < 1.29 is 28.0 Å². The molecule has 0 heterocycles. The highest BCUT2D eigenvalue weighted by Gasteiger charge is 2.26. The maximum atomic E-state index is 11.9. The van der Waals surface area contributed by atoms with Crippen LogP contribution in [0.4, 0.5) is 18.9 Å². The number of halogens is 3. The smallest absolute Gasteiger partial charge is 0.389 e. The zero-order valence-corrected chi connectivity index (χ0v) is 10.1. The molecule has 0 bridgehead atoms. The van der Waals surface area contributed by atoms with E-state index in [-0.39, 0.29) is 18.7 Å². The van der Waals surface area contributed by atoms with Gasteiger partial charge in [0.25, 0.3) is 11.6 Å². The molecule has 0 aliphatic carbocycles. The third-order valence-corrected chi connectivity index (χ3v) is 2.34. The summed E-state index contributed by atoms with van der Waals surface area (Å²) in [5.41, 5.74) is -0.932. The van der Waals surface area contributed by atoms with Crippen LogP contribution in [0.5, 0.6) is 5.75 Å². The van der Waals surface area contributed by atoms with E-state index in [4.69, 9.17) is 0 Å². The van der Waals surface area contributed by atoms with Crippen LogP contribution in [0, 0.1) is 10.1 Å². The molecule has 2 N–H and O–H groups in total. The first kappa shape index (κ1) is 15.7. The molecule has 0 saturated carbocycles. The third kappa shape index (κ3) is 4.75. The van der Waals surface area contributed by atoms with E-state index in [1.807, 2.05) is 0 Å². The Bertz CT molecular complexity index is 517. The second-order valence-corrected chi connectivity index (χ2v) is 3.93. The molecule has 9 heteroatoms. The van der Waals surface area contributed by atoms with Crippen LogP contribution in [-0.4, -0.2) is 28.7 Å². The van der Waals surface area contributed by atoms with Crippen LogP contribution < -0.4 is 5.32 Å². The van der Waals surface area contributed by atoms with E-state index >= 15 is 0 Å². The molecule has 0 unspecified atom stereocenters. The van der Waals surface area contributed by atoms with Crippen LogP contribution in [0.25, 0.3) is 0 Å². The number of aromatic hydroxyl groups is 1. The largest absolute Gasteiger partial charge is 0.508 e. The first-order valence-corrected chi connectivity index (χ1v) is 5.53. The molecule has 0 aromatic heterocycles. The number of alkyl halides is 3. The van der Waals surface area contributed by atoms with E-state index in [1.165, 1.54) is 0 Å². The number of benzene rings is 1. The Balaban J connectivity index is 2.68. The van der Waals surface area contributed by atoms with Crippen molar-refractivity contribution in [1.29, 1.82) is 0 Å². The van der Waals surface area contributed by atoms with Crippen molar-refractivity contribution in [1.82, 2.24) is 5.32 Å². The van der Waals surface area contributed by atoms with Crippen LogP contribution >= 0.6 is 0 Å². The molecule has 0 spiro atoms. The summed E-state index contributed by atoms with van der Waals surface area (Å²) >= 11 is 0. The van der Waals surface area contributed by atoms with Gasteiger partial charge in [0.1, 0.15) is 11.3 Å². The van der Waals surface area contributed by atoms with Crippen molar-refractivity contribution in [3.8, 4) is 5.75 Å². The Morgan fingerprint density at radius 2 is 2.05 bits per heavy atom. The molecular weight excluding hydrogens is 281 g/mol. The van der Waals surface area contributed by atoms with E-state index in [1.54, 1.807) is 0 Å². The lowest BCUT2D eigenvalue weighted by Gasteiger charge is -2.08. The minimum absolute atomic E-state index is 0.273. The number of carbonyl (C=O) groups is 1. The van der Waals surface area contributed by atoms with Gasteiger partial charge >= 0.3 is 6.18 Å². The zero-order chi connectivity index (χ0) is 15.3. The fourth-order valence-corrected chi connectivity index (χ4v) is 1.45. The Labute approximate surface area is 111 Å². The molecule has 0 aliphatic heterocycles. The van der Waals surface area contributed by atoms with Gasteiger partial charge in [-0.1, -0.05) is 0 Å². The molecule has 1 amide bonds. The summed E-state index contributed by atoms with van der Waals surface area (Å²) in [7, 11) is 0. The Morgan fingerprint density at radius 3 is 2.60 bits per heavy atom. The van der Waals surface area contributed by atoms with Crippen LogP contribution in [0.2, 0.25) is 0 Å². The third-order valence-electron chi connectivity index (χ3n) is 2.34. The van der Waals surface area contributed by atoms with Gasteiger partial charge in [-0.05, 0) is 18.6 Å². The summed E-state index contributed by atoms with van der Waals surface area (Å²) in [6.07, 6.45) is -5.71. The summed E-state index contributed by atoms with van der Waals surface area (Å²) in [6.45, 7) is -0.273. The summed E-state index contributed by atoms with van der Waals surface area (Å²) in [5, 5.41) is 22.0. The minimum Gasteiger partial charge on any atom is -0.508 e. The average molecular weight is 292 g/mol. The standard InChI is InChI=1S/C11H11F3N2O4/c12-11(13,14)4-1-5-15-10(18)8-6-7(17)2-3-9(8)16(19)20/h2-3,6,17H,1,4-5H2,(H,15,18). The van der Waals surface area contributed by atoms with Crippen molar-refractivity contribution in [3.63, 3.8) is 0 Å². The van der Waals surface area contributed by atoms with Gasteiger partial charge in [-0.2, -0.15) is 13.2 Å². The highest BCUT2D eigenvalue weighted by Crippen LogP contribution is 2.23. The summed E-state index contributed by atoms with van der Waals surface area (Å²) in [4.78, 5) is 21.5. The number of hydrogen-bond donors (Lipinski definition) is 2. The van der Waals surface area contributed by atoms with Crippen LogP contribution in [0.3, 0.4) is 0 Å². The zero-order valence-electron chi connectivity index (χ0n) is 10.1. The Morgan fingerprint density at radius 1 is 1.40 bits per heavy atom. The SMILES string of the molecule is O=C(NCCCC(F)(F)F)c1cc(O)ccc1[N+](=O)[O-]. The fraction of sp³-hybridized carbons (Fsp3) is 0.364. The van der Waals surface area contributed by atoms with E-state index in [0.29, 0.717) is 0 Å². The summed E-state index contributed by atoms with van der Waals surface area (Å²) in [6, 6.07) is 2.87. The van der Waals surface area contributed by atoms with Crippen molar-refractivity contribution in [2.45, 2.75) is 19.0 Å². The summed E-state index contributed by atoms with van der Waals surface area (Å²) in [5.74, 6) is -1.26. The second-order valence-electron chi connectivity index (χ2n) is 3.93. The first-order chi connectivity index (χ1) is 9.20. The van der Waals surface area contributed by atoms with Crippen LogP contribution in [-0.2, 0) is 0 Å². The number of phenolic OH excluding ortho intramolecular Hbond substituents is 1. The molecule has 1 rings (SSSR count). The van der Waals surface area contributed by atoms with Gasteiger partial charge < -0.3 is 10.4 Å². The molecule has 6 nitrogen and oxygen atoms in total. The number of hydrogen-bond acceptors (Lipinski definition) is 4. The van der Waals surface area contributed by atoms with Gasteiger partial charge in [-0.3, -0.25) is 14.9 Å². The van der Waals surface area contributed by atoms with Gasteiger partial charge in [-0.15, -0.1) is 0 Å². The molecule has 1 aromatic rings. The monoisotopic (exact) mass is 292 g/mol. The van der Waals surface area contributed by atoms with E-state index in [9.17, 15) is 33.2 Å². The van der Waals surface area contributed by atoms with E-state index in [0.717, 1.165) is 18.2 Å². The predicted molar refractivity (Wildman–Crippen MR) is 62.4 cm³/mol. The predicted octanol–water partition coefficient (Wildman–Crippen LogP) is 2.37. The normalized spacial score (nSPS) is 11.2. The topological polar surface area (TPSA) is 92.5 Å². The number of amides is 1. The number of nitro groups is 1. The van der Waals surface area contributed by atoms with Gasteiger partial charge in [0.2, 0.25) is 0 Å². The van der Waals surface area contributed by atoms with Crippen molar-refractivity contribution >= 4 is 11.6 Å². The number of nitrogens with one attached hydrogen (secondary N) is 1. The van der Waals surface area contributed by atoms with Crippen molar-refractivity contribution in [2.24, 2.45) is 0 Å². The van der Waals surface area contributed by atoms with Gasteiger partial charge in [0.15, 0.2) is 0 Å². The first-order valence-electron chi connectivity index (χ1n) is 5.53. The van der Waals surface area contributed by atoms with E-state index < -0.39 is 34.7 Å². The maximum absolute atomic E-state index is 11.9. The molecule has 110 valence electrons. The maximum Gasteiger partial charge on any atom is 0.389 e. The molecule has 1 aromatic carbocycles. The van der Waals surface area contributed by atoms with Crippen LogP contribution in [0.15, 0.2) is 18.2 Å². The van der Waals surface area contributed by atoms with Gasteiger partial charge in [-0.25, -0.2) is 0 Å². The molecule has 20 heavy (non-hydrogen) atoms. The number of rotatable bonds is 5. The quantitative estimate of drug-likeness (QED) is 0.495. The number of nitro benzene ring substituents is 1. The molecule has 0 atom stereocenters. The second kappa shape index (κ2) is 6.22. The molecular formula is C11H11F3N2O4. The van der Waals surface area contributed by atoms with Crippen LogP contribution in [0.1, 0.15) is 23.2 Å². The van der Waals surface area contributed by atoms with Gasteiger partial charge in [0, 0.05) is 19.0 Å². The van der Waals surface area contributed by atoms with E-state index in [2.05, 4.69) is 5.32 Å². The lowest BCUT2D eigenvalue weighted by molar-refractivity contribution is -0.385. The fourth-order valence-electron chi connectivity index (χ4n) is 1.45. The highest BCUT2D eigenvalue weighted by atomic mass is 19.4. The molecule has 0 saturated heterocycles. The van der Waals surface area contributed by atoms with Gasteiger partial charge in [0.05, 0.1) is 4.92 Å². The molecule has 0 fully saturated rings. The number of carbonyl (C=O) groups excluding carboxylic acids is 1. The number of phenols is 1. The molecule has 0 aliphatic rings. The average Bonchev–Trinajstić information content (AvgIpc) is 2.32. The Hall–Kier alpha value is -2.32. The Kier molecular flexibility index (Phi) is 4.89. The minimum atomic E-state index is -4.32. The lowest BCUT2D eigenvalue weighted by atomic mass is 10.1. The van der Waals surface area contributed by atoms with Crippen molar-refractivity contribution in [2.75, 3.05) is 6.54 Å². The summed E-state index contributed by atoms with van der Waals surface area (Å²) < 4.78 is 35.7. The lowest BCUT2D eigenvalue weighted by Crippen LogP contribution is -2.26. The number of nitrogens with zero attached hydrogens (tertiary/aromatic N) is 1. The highest BCUT2D eigenvalue weighted by molar-refractivity contribution is 5.98.